The maximum Gasteiger partial charge on any atom is 1.00 e. The van der Waals surface area contributed by atoms with Crippen molar-refractivity contribution in [1.82, 2.24) is 4.98 Å². The third-order valence-corrected chi connectivity index (χ3v) is 4.20. The number of pyridine rings is 1. The van der Waals surface area contributed by atoms with Crippen molar-refractivity contribution in [3.8, 4) is 11.1 Å². The predicted molar refractivity (Wildman–Crippen MR) is 97.7 cm³/mol. The largest absolute Gasteiger partial charge is 1.00 e. The summed E-state index contributed by atoms with van der Waals surface area (Å²) in [6.45, 7) is 6.60. The van der Waals surface area contributed by atoms with Gasteiger partial charge < -0.3 is 0 Å². The van der Waals surface area contributed by atoms with E-state index in [1.807, 2.05) is 6.07 Å². The van der Waals surface area contributed by atoms with Crippen molar-refractivity contribution in [3.63, 3.8) is 0 Å². The first-order chi connectivity index (χ1) is 11.7. The molecule has 0 radical (unpaired) electrons. The van der Waals surface area contributed by atoms with Crippen LogP contribution in [0.3, 0.4) is 0 Å². The molecule has 0 N–H and O–H groups in total. The van der Waals surface area contributed by atoms with Gasteiger partial charge in [0.25, 0.3) is 0 Å². The Hall–Kier alpha value is 1.25. The van der Waals surface area contributed by atoms with Gasteiger partial charge in [0.2, 0.25) is 0 Å². The van der Waals surface area contributed by atoms with Gasteiger partial charge in [-0.3, -0.25) is 4.98 Å². The molecule has 0 bridgehead atoms. The number of hydrogen-bond donors (Lipinski definition) is 0. The van der Waals surface area contributed by atoms with Gasteiger partial charge in [-0.2, -0.15) is 6.07 Å². The Balaban J connectivity index is 0.00000169. The molecule has 0 unspecified atom stereocenters. The zero-order valence-corrected chi connectivity index (χ0v) is 26.0. The summed E-state index contributed by atoms with van der Waals surface area (Å²) in [6, 6.07) is 17.1. The maximum atomic E-state index is 5.05. The Bertz CT molecular complexity index is 835. The van der Waals surface area contributed by atoms with Gasteiger partial charge in [0, 0.05) is 6.42 Å². The van der Waals surface area contributed by atoms with Crippen LogP contribution in [0.1, 0.15) is 23.7 Å². The van der Waals surface area contributed by atoms with Gasteiger partial charge in [0.1, 0.15) is 0 Å². The molecule has 0 saturated carbocycles. The molecule has 1 aromatic heterocycles. The van der Waals surface area contributed by atoms with Gasteiger partial charge in [0.05, 0.1) is 19.2 Å². The number of aromatic nitrogens is 1. The molecule has 124 valence electrons. The Morgan fingerprint density at radius 1 is 0.962 bits per heavy atom. The molecule has 26 heavy (non-hydrogen) atoms. The molecule has 3 rings (SSSR count). The molecule has 0 aliphatic carbocycles. The fourth-order valence-electron chi connectivity index (χ4n) is 2.87. The second-order valence-corrected chi connectivity index (χ2v) is 5.80. The van der Waals surface area contributed by atoms with Gasteiger partial charge in [-0.25, -0.2) is 16.7 Å². The molecule has 0 fully saturated rings. The Morgan fingerprint density at radius 3 is 2.35 bits per heavy atom. The number of nitrogens with zero attached hydrogens (tertiary/aromatic N) is 1. The second kappa shape index (κ2) is 12.7. The summed E-state index contributed by atoms with van der Waals surface area (Å²) in [5.74, 6) is 0. The summed E-state index contributed by atoms with van der Waals surface area (Å²) in [5, 5.41) is 1.12. The summed E-state index contributed by atoms with van der Waals surface area (Å²) in [6.07, 6.45) is 1.79. The third kappa shape index (κ3) is 6.65. The van der Waals surface area contributed by atoms with E-state index in [-0.39, 0.29) is 116 Å². The molecule has 5 heteroatoms. The molecular weight excluding hydrogens is 469 g/mol. The van der Waals surface area contributed by atoms with E-state index in [9.17, 15) is 0 Å². The van der Waals surface area contributed by atoms with Gasteiger partial charge >= 0.3 is 116 Å². The van der Waals surface area contributed by atoms with Crippen LogP contribution >= 0.6 is 0 Å². The van der Waals surface area contributed by atoms with Crippen LogP contribution < -0.4 is 116 Å². The molecule has 2 aromatic carbocycles. The summed E-state index contributed by atoms with van der Waals surface area (Å²) in [7, 11) is 1.52. The van der Waals surface area contributed by atoms with Crippen LogP contribution in [0.4, 0.5) is 0 Å². The van der Waals surface area contributed by atoms with E-state index in [0.717, 1.165) is 35.0 Å². The standard InChI is InChI=1S/C21H22NO2.2Rb/c1-4-16-6-9-17(10-7-16)20-13-18-8-5-15(2)22-21(18)19(14-20)11-12-24-23-3;;/h5-10,13-14H,2,4,11-12H2,1,3H3;;/q-1;2*+1. The van der Waals surface area contributed by atoms with Crippen molar-refractivity contribution in [1.29, 1.82) is 0 Å². The molecule has 0 aliphatic heterocycles. The van der Waals surface area contributed by atoms with Crippen molar-refractivity contribution in [2.45, 2.75) is 19.8 Å². The average Bonchev–Trinajstić information content (AvgIpc) is 2.62. The monoisotopic (exact) mass is 490 g/mol. The number of rotatable bonds is 6. The Labute approximate surface area is 253 Å². The summed E-state index contributed by atoms with van der Waals surface area (Å²) < 4.78 is 0. The molecule has 0 amide bonds. The predicted octanol–water partition coefficient (Wildman–Crippen LogP) is -1.23. The van der Waals surface area contributed by atoms with E-state index < -0.39 is 0 Å². The van der Waals surface area contributed by atoms with E-state index in [1.54, 1.807) is 0 Å². The van der Waals surface area contributed by atoms with Gasteiger partial charge in [-0.1, -0.05) is 31.2 Å². The maximum absolute atomic E-state index is 5.05. The van der Waals surface area contributed by atoms with Crippen LogP contribution in [-0.2, 0) is 22.6 Å². The first kappa shape index (κ1) is 25.3. The molecular formula is C21H22NO2Rb2+. The van der Waals surface area contributed by atoms with Crippen LogP contribution in [0.25, 0.3) is 22.0 Å². The van der Waals surface area contributed by atoms with E-state index >= 15 is 0 Å². The minimum atomic E-state index is 0. The first-order valence-electron chi connectivity index (χ1n) is 8.22. The zero-order chi connectivity index (χ0) is 16.9. The minimum Gasteiger partial charge on any atom is -0.287 e. The molecule has 3 aromatic rings. The van der Waals surface area contributed by atoms with Crippen molar-refractivity contribution >= 4 is 10.9 Å². The smallest absolute Gasteiger partial charge is 0.287 e. The van der Waals surface area contributed by atoms with Crippen LogP contribution in [-0.4, -0.2) is 18.7 Å². The molecule has 3 nitrogen and oxygen atoms in total. The van der Waals surface area contributed by atoms with Crippen molar-refractivity contribution in [3.05, 3.63) is 72.3 Å². The molecule has 0 spiro atoms. The van der Waals surface area contributed by atoms with Crippen LogP contribution in [0.15, 0.2) is 48.5 Å². The van der Waals surface area contributed by atoms with E-state index in [2.05, 4.69) is 61.3 Å². The average molecular weight is 491 g/mol. The summed E-state index contributed by atoms with van der Waals surface area (Å²) in [4.78, 5) is 14.4. The number of benzene rings is 2. The van der Waals surface area contributed by atoms with Crippen molar-refractivity contribution in [2.24, 2.45) is 0 Å². The van der Waals surface area contributed by atoms with Crippen LogP contribution in [0.2, 0.25) is 0 Å². The zero-order valence-electron chi connectivity index (χ0n) is 16.2. The Morgan fingerprint density at radius 2 is 1.69 bits per heavy atom. The van der Waals surface area contributed by atoms with E-state index in [4.69, 9.17) is 9.78 Å². The van der Waals surface area contributed by atoms with E-state index in [1.165, 1.54) is 23.8 Å². The minimum absolute atomic E-state index is 0. The van der Waals surface area contributed by atoms with Gasteiger partial charge in [-0.15, -0.1) is 11.8 Å². The number of fused-ring (bicyclic) bond motifs is 1. The molecule has 0 saturated heterocycles. The summed E-state index contributed by atoms with van der Waals surface area (Å²) in [5.41, 5.74) is 6.65. The fourth-order valence-corrected chi connectivity index (χ4v) is 2.87. The number of aryl methyl sites for hydroxylation is 1. The number of hydrogen-bond acceptors (Lipinski definition) is 3. The second-order valence-electron chi connectivity index (χ2n) is 5.80. The van der Waals surface area contributed by atoms with Crippen molar-refractivity contribution < 1.29 is 126 Å². The normalized spacial score (nSPS) is 10.2. The van der Waals surface area contributed by atoms with Crippen LogP contribution in [0, 0.1) is 6.92 Å². The van der Waals surface area contributed by atoms with E-state index in [0.29, 0.717) is 6.61 Å². The third-order valence-electron chi connectivity index (χ3n) is 4.20. The quantitative estimate of drug-likeness (QED) is 0.188. The van der Waals surface area contributed by atoms with Crippen molar-refractivity contribution in [2.75, 3.05) is 13.7 Å². The first-order valence-corrected chi connectivity index (χ1v) is 8.22. The van der Waals surface area contributed by atoms with Crippen LogP contribution in [0.5, 0.6) is 0 Å². The van der Waals surface area contributed by atoms with Gasteiger partial charge in [0.15, 0.2) is 0 Å². The SMILES string of the molecule is [CH2-]c1ccc2cc(-c3ccc(CC)cc3)cc(CCOOC)c2n1.[Rb+].[Rb+]. The fraction of sp³-hybridized carbons (Fsp3) is 0.238. The summed E-state index contributed by atoms with van der Waals surface area (Å²) >= 11 is 0. The topological polar surface area (TPSA) is 31.4 Å². The Kier molecular flexibility index (Phi) is 12.4. The molecule has 0 aliphatic rings. The van der Waals surface area contributed by atoms with Gasteiger partial charge in [-0.05, 0) is 46.2 Å². The molecule has 1 heterocycles. The molecule has 0 atom stereocenters.